The lowest BCUT2D eigenvalue weighted by Gasteiger charge is -2.09. The van der Waals surface area contributed by atoms with Gasteiger partial charge in [-0.05, 0) is 54.9 Å². The first-order valence-electron chi connectivity index (χ1n) is 7.97. The Morgan fingerprint density at radius 3 is 2.65 bits per heavy atom. The maximum atomic E-state index is 13.1. The van der Waals surface area contributed by atoms with Gasteiger partial charge in [-0.1, -0.05) is 6.07 Å². The van der Waals surface area contributed by atoms with E-state index in [0.717, 1.165) is 31.7 Å². The Hall–Kier alpha value is -2.33. The third-order valence-electron chi connectivity index (χ3n) is 4.55. The van der Waals surface area contributed by atoms with E-state index in [1.165, 1.54) is 34.3 Å². The van der Waals surface area contributed by atoms with E-state index in [1.807, 2.05) is 12.1 Å². The first-order valence-corrected chi connectivity index (χ1v) is 7.97. The molecule has 0 bridgehead atoms. The molecule has 2 heterocycles. The Morgan fingerprint density at radius 2 is 1.83 bits per heavy atom. The fraction of sp³-hybridized carbons (Fsp3) is 0.263. The van der Waals surface area contributed by atoms with Crippen molar-refractivity contribution in [2.24, 2.45) is 7.05 Å². The van der Waals surface area contributed by atoms with Crippen molar-refractivity contribution in [2.75, 3.05) is 13.1 Å². The zero-order chi connectivity index (χ0) is 15.8. The van der Waals surface area contributed by atoms with Gasteiger partial charge in [-0.15, -0.1) is 0 Å². The van der Waals surface area contributed by atoms with Crippen LogP contribution >= 0.6 is 0 Å². The smallest absolute Gasteiger partial charge is 0.137 e. The quantitative estimate of drug-likeness (QED) is 0.779. The summed E-state index contributed by atoms with van der Waals surface area (Å²) < 4.78 is 21.4. The lowest BCUT2D eigenvalue weighted by atomic mass is 10.1. The SMILES string of the molecule is Cn1c2c(c3c(Oc4ccc(F)cc4)cccc31)CCNCC2. The molecule has 4 rings (SSSR count). The van der Waals surface area contributed by atoms with Crippen LogP contribution in [0.2, 0.25) is 0 Å². The first-order chi connectivity index (χ1) is 11.2. The Bertz CT molecular complexity index is 852. The third-order valence-corrected chi connectivity index (χ3v) is 4.55. The number of rotatable bonds is 2. The highest BCUT2D eigenvalue weighted by molar-refractivity contribution is 5.91. The standard InChI is InChI=1S/C19H19FN2O/c1-22-16-10-12-21-11-9-15(16)19-17(22)3-2-4-18(19)23-14-7-5-13(20)6-8-14/h2-8,21H,9-12H2,1H3. The minimum Gasteiger partial charge on any atom is -0.457 e. The van der Waals surface area contributed by atoms with Crippen LogP contribution < -0.4 is 10.1 Å². The van der Waals surface area contributed by atoms with E-state index in [2.05, 4.69) is 23.0 Å². The molecule has 0 unspecified atom stereocenters. The molecule has 0 saturated carbocycles. The third kappa shape index (κ3) is 2.49. The molecular weight excluding hydrogens is 291 g/mol. The van der Waals surface area contributed by atoms with Gasteiger partial charge in [-0.2, -0.15) is 0 Å². The summed E-state index contributed by atoms with van der Waals surface area (Å²) in [5, 5.41) is 4.63. The number of nitrogens with zero attached hydrogens (tertiary/aromatic N) is 1. The van der Waals surface area contributed by atoms with Gasteiger partial charge in [0.25, 0.3) is 0 Å². The number of benzene rings is 2. The molecule has 1 aliphatic rings. The molecule has 1 aromatic heterocycles. The van der Waals surface area contributed by atoms with Gasteiger partial charge in [0.2, 0.25) is 0 Å². The number of halogens is 1. The number of aromatic nitrogens is 1. The number of aryl methyl sites for hydroxylation is 1. The molecule has 0 radical (unpaired) electrons. The number of hydrogen-bond acceptors (Lipinski definition) is 2. The summed E-state index contributed by atoms with van der Waals surface area (Å²) in [7, 11) is 2.12. The number of hydrogen-bond donors (Lipinski definition) is 1. The zero-order valence-corrected chi connectivity index (χ0v) is 13.1. The van der Waals surface area contributed by atoms with Gasteiger partial charge in [0.05, 0.1) is 5.52 Å². The number of ether oxygens (including phenoxy) is 1. The van der Waals surface area contributed by atoms with Crippen molar-refractivity contribution in [3.8, 4) is 11.5 Å². The minimum absolute atomic E-state index is 0.254. The predicted molar refractivity (Wildman–Crippen MR) is 89.7 cm³/mol. The molecule has 1 aliphatic heterocycles. The van der Waals surface area contributed by atoms with Crippen LogP contribution in [0.1, 0.15) is 11.3 Å². The first kappa shape index (κ1) is 14.3. The molecule has 0 spiro atoms. The maximum absolute atomic E-state index is 13.1. The highest BCUT2D eigenvalue weighted by Gasteiger charge is 2.20. The second kappa shape index (κ2) is 5.70. The molecule has 4 heteroatoms. The summed E-state index contributed by atoms with van der Waals surface area (Å²) >= 11 is 0. The van der Waals surface area contributed by atoms with Crippen LogP contribution in [-0.4, -0.2) is 17.7 Å². The van der Waals surface area contributed by atoms with E-state index in [9.17, 15) is 4.39 Å². The highest BCUT2D eigenvalue weighted by Crippen LogP contribution is 2.36. The molecule has 118 valence electrons. The predicted octanol–water partition coefficient (Wildman–Crippen LogP) is 3.80. The van der Waals surface area contributed by atoms with Crippen molar-refractivity contribution in [1.82, 2.24) is 9.88 Å². The van der Waals surface area contributed by atoms with Crippen LogP contribution in [0.4, 0.5) is 4.39 Å². The number of fused-ring (bicyclic) bond motifs is 3. The van der Waals surface area contributed by atoms with Gasteiger partial charge >= 0.3 is 0 Å². The Morgan fingerprint density at radius 1 is 1.04 bits per heavy atom. The van der Waals surface area contributed by atoms with Crippen molar-refractivity contribution in [3.05, 3.63) is 59.5 Å². The summed E-state index contributed by atoms with van der Waals surface area (Å²) in [5.74, 6) is 1.24. The van der Waals surface area contributed by atoms with Gasteiger partial charge in [0.15, 0.2) is 0 Å². The van der Waals surface area contributed by atoms with Gasteiger partial charge < -0.3 is 14.6 Å². The lowest BCUT2D eigenvalue weighted by molar-refractivity contribution is 0.486. The van der Waals surface area contributed by atoms with E-state index in [0.29, 0.717) is 5.75 Å². The zero-order valence-electron chi connectivity index (χ0n) is 13.1. The normalized spacial score (nSPS) is 14.5. The molecule has 0 aliphatic carbocycles. The number of nitrogens with one attached hydrogen (secondary N) is 1. The van der Waals surface area contributed by atoms with Crippen LogP contribution in [0, 0.1) is 5.82 Å². The molecule has 0 atom stereocenters. The fourth-order valence-electron chi connectivity index (χ4n) is 3.44. The van der Waals surface area contributed by atoms with Gasteiger partial charge in [0.1, 0.15) is 17.3 Å². The Labute approximate surface area is 134 Å². The van der Waals surface area contributed by atoms with Gasteiger partial charge in [-0.25, -0.2) is 4.39 Å². The average molecular weight is 310 g/mol. The summed E-state index contributed by atoms with van der Waals surface area (Å²) in [5.41, 5.74) is 3.93. The van der Waals surface area contributed by atoms with E-state index in [-0.39, 0.29) is 5.82 Å². The van der Waals surface area contributed by atoms with Gasteiger partial charge in [-0.3, -0.25) is 0 Å². The van der Waals surface area contributed by atoms with E-state index in [1.54, 1.807) is 12.1 Å². The maximum Gasteiger partial charge on any atom is 0.137 e. The van der Waals surface area contributed by atoms with Crippen LogP contribution in [0.15, 0.2) is 42.5 Å². The largest absolute Gasteiger partial charge is 0.457 e. The molecule has 3 nitrogen and oxygen atoms in total. The summed E-state index contributed by atoms with van der Waals surface area (Å²) in [6.45, 7) is 1.99. The average Bonchev–Trinajstić information content (AvgIpc) is 2.73. The van der Waals surface area contributed by atoms with Crippen LogP contribution in [0.5, 0.6) is 11.5 Å². The molecule has 0 fully saturated rings. The summed E-state index contributed by atoms with van der Waals surface area (Å²) in [6, 6.07) is 12.3. The minimum atomic E-state index is -0.254. The molecule has 0 saturated heterocycles. The van der Waals surface area contributed by atoms with E-state index < -0.39 is 0 Å². The summed E-state index contributed by atoms with van der Waals surface area (Å²) in [6.07, 6.45) is 2.02. The second-order valence-corrected chi connectivity index (χ2v) is 5.94. The van der Waals surface area contributed by atoms with Crippen molar-refractivity contribution in [1.29, 1.82) is 0 Å². The Kier molecular flexibility index (Phi) is 3.54. The molecule has 0 amide bonds. The molecular formula is C19H19FN2O. The van der Waals surface area contributed by atoms with Crippen molar-refractivity contribution >= 4 is 10.9 Å². The van der Waals surface area contributed by atoms with E-state index in [4.69, 9.17) is 4.74 Å². The monoisotopic (exact) mass is 310 g/mol. The second-order valence-electron chi connectivity index (χ2n) is 5.94. The lowest BCUT2D eigenvalue weighted by Crippen LogP contribution is -2.17. The van der Waals surface area contributed by atoms with E-state index >= 15 is 0 Å². The van der Waals surface area contributed by atoms with Crippen molar-refractivity contribution < 1.29 is 9.13 Å². The fourth-order valence-corrected chi connectivity index (χ4v) is 3.44. The van der Waals surface area contributed by atoms with Crippen LogP contribution in [0.25, 0.3) is 10.9 Å². The molecule has 1 N–H and O–H groups in total. The Balaban J connectivity index is 1.85. The van der Waals surface area contributed by atoms with Crippen LogP contribution in [-0.2, 0) is 19.9 Å². The van der Waals surface area contributed by atoms with Crippen molar-refractivity contribution in [2.45, 2.75) is 12.8 Å². The summed E-state index contributed by atoms with van der Waals surface area (Å²) in [4.78, 5) is 0. The molecule has 3 aromatic rings. The van der Waals surface area contributed by atoms with Crippen LogP contribution in [0.3, 0.4) is 0 Å². The highest BCUT2D eigenvalue weighted by atomic mass is 19.1. The molecule has 23 heavy (non-hydrogen) atoms. The van der Waals surface area contributed by atoms with Gasteiger partial charge in [0, 0.05) is 31.1 Å². The molecule has 2 aromatic carbocycles. The topological polar surface area (TPSA) is 26.2 Å². The van der Waals surface area contributed by atoms with Crippen molar-refractivity contribution in [3.63, 3.8) is 0 Å².